The summed E-state index contributed by atoms with van der Waals surface area (Å²) in [5.74, 6) is -0.716. The minimum Gasteiger partial charge on any atom is -0.462 e. The van der Waals surface area contributed by atoms with Gasteiger partial charge in [-0.2, -0.15) is 0 Å². The largest absolute Gasteiger partial charge is 0.462 e. The Morgan fingerprint density at radius 3 is 2.62 bits per heavy atom. The zero-order chi connectivity index (χ0) is 15.2. The second kappa shape index (κ2) is 6.85. The Labute approximate surface area is 125 Å². The lowest BCUT2D eigenvalue weighted by Crippen LogP contribution is -2.12. The van der Waals surface area contributed by atoms with Crippen molar-refractivity contribution in [2.45, 2.75) is 13.3 Å². The lowest BCUT2D eigenvalue weighted by atomic mass is 10.2. The Hall–Kier alpha value is -2.41. The van der Waals surface area contributed by atoms with Crippen molar-refractivity contribution in [1.82, 2.24) is 4.98 Å². The zero-order valence-electron chi connectivity index (χ0n) is 11.5. The summed E-state index contributed by atoms with van der Waals surface area (Å²) in [7, 11) is 0. The number of hydrogen-bond acceptors (Lipinski definition) is 6. The van der Waals surface area contributed by atoms with Gasteiger partial charge < -0.3 is 15.8 Å². The average Bonchev–Trinajstić information content (AvgIpc) is 2.92. The summed E-state index contributed by atoms with van der Waals surface area (Å²) in [6.45, 7) is 2.32. The first-order valence-corrected chi connectivity index (χ1v) is 7.27. The summed E-state index contributed by atoms with van der Waals surface area (Å²) >= 11 is 1.20. The molecule has 0 atom stereocenters. The van der Waals surface area contributed by atoms with Crippen molar-refractivity contribution in [3.8, 4) is 0 Å². The fourth-order valence-corrected chi connectivity index (χ4v) is 2.10. The van der Waals surface area contributed by atoms with E-state index in [0.29, 0.717) is 23.0 Å². The Bertz CT molecular complexity index is 637. The maximum Gasteiger partial charge on any atom is 0.338 e. The molecule has 1 heterocycles. The monoisotopic (exact) mass is 305 g/mol. The topological polar surface area (TPSA) is 94.3 Å². The molecule has 0 radical (unpaired) electrons. The molecule has 0 spiro atoms. The number of benzene rings is 1. The highest BCUT2D eigenvalue weighted by molar-refractivity contribution is 7.13. The second-order valence-electron chi connectivity index (χ2n) is 4.24. The van der Waals surface area contributed by atoms with E-state index in [0.717, 1.165) is 6.42 Å². The Morgan fingerprint density at radius 2 is 2.05 bits per heavy atom. The van der Waals surface area contributed by atoms with E-state index >= 15 is 0 Å². The van der Waals surface area contributed by atoms with Crippen LogP contribution in [0.3, 0.4) is 0 Å². The molecule has 3 N–H and O–H groups in total. The van der Waals surface area contributed by atoms with Crippen molar-refractivity contribution >= 4 is 34.0 Å². The third kappa shape index (κ3) is 4.03. The number of hydrogen-bond donors (Lipinski definition) is 2. The SMILES string of the molecule is CCCOC(=O)c1ccc(NC(=O)c2csc(N)n2)cc1. The van der Waals surface area contributed by atoms with Crippen molar-refractivity contribution in [3.63, 3.8) is 0 Å². The van der Waals surface area contributed by atoms with Crippen molar-refractivity contribution in [1.29, 1.82) is 0 Å². The number of esters is 1. The Balaban J connectivity index is 1.99. The van der Waals surface area contributed by atoms with Crippen LogP contribution in [0.15, 0.2) is 29.6 Å². The van der Waals surface area contributed by atoms with E-state index in [1.165, 1.54) is 11.3 Å². The molecule has 0 aliphatic rings. The van der Waals surface area contributed by atoms with Gasteiger partial charge in [-0.15, -0.1) is 11.3 Å². The number of carbonyl (C=O) groups excluding carboxylic acids is 2. The van der Waals surface area contributed by atoms with Crippen LogP contribution >= 0.6 is 11.3 Å². The van der Waals surface area contributed by atoms with E-state index in [1.807, 2.05) is 6.92 Å². The minimum atomic E-state index is -0.373. The van der Waals surface area contributed by atoms with Crippen LogP contribution in [0, 0.1) is 0 Å². The fourth-order valence-electron chi connectivity index (χ4n) is 1.55. The number of nitrogens with zero attached hydrogens (tertiary/aromatic N) is 1. The second-order valence-corrected chi connectivity index (χ2v) is 5.13. The number of nitrogens with one attached hydrogen (secondary N) is 1. The third-order valence-electron chi connectivity index (χ3n) is 2.57. The number of nitrogen functional groups attached to an aromatic ring is 1. The lowest BCUT2D eigenvalue weighted by Gasteiger charge is -2.05. The molecule has 2 rings (SSSR count). The van der Waals surface area contributed by atoms with E-state index in [-0.39, 0.29) is 17.6 Å². The first-order valence-electron chi connectivity index (χ1n) is 6.39. The number of amides is 1. The Kier molecular flexibility index (Phi) is 4.89. The summed E-state index contributed by atoms with van der Waals surface area (Å²) in [6.07, 6.45) is 0.774. The van der Waals surface area contributed by atoms with E-state index in [9.17, 15) is 9.59 Å². The molecule has 2 aromatic rings. The van der Waals surface area contributed by atoms with Gasteiger partial charge in [-0.1, -0.05) is 6.92 Å². The molecule has 0 aliphatic heterocycles. The predicted octanol–water partition coefficient (Wildman–Crippen LogP) is 2.54. The zero-order valence-corrected chi connectivity index (χ0v) is 12.3. The van der Waals surface area contributed by atoms with Gasteiger partial charge in [0.1, 0.15) is 5.69 Å². The van der Waals surface area contributed by atoms with Gasteiger partial charge in [0, 0.05) is 11.1 Å². The van der Waals surface area contributed by atoms with Gasteiger partial charge in [0.05, 0.1) is 12.2 Å². The summed E-state index contributed by atoms with van der Waals surface area (Å²) < 4.78 is 5.02. The van der Waals surface area contributed by atoms with Gasteiger partial charge >= 0.3 is 5.97 Å². The smallest absolute Gasteiger partial charge is 0.338 e. The van der Waals surface area contributed by atoms with Gasteiger partial charge in [-0.05, 0) is 30.7 Å². The van der Waals surface area contributed by atoms with Gasteiger partial charge in [0.2, 0.25) is 0 Å². The molecule has 0 unspecified atom stereocenters. The van der Waals surface area contributed by atoms with Crippen LogP contribution in [0.25, 0.3) is 0 Å². The Morgan fingerprint density at radius 1 is 1.33 bits per heavy atom. The van der Waals surface area contributed by atoms with Crippen molar-refractivity contribution in [2.75, 3.05) is 17.7 Å². The van der Waals surface area contributed by atoms with Gasteiger partial charge in [0.15, 0.2) is 5.13 Å². The van der Waals surface area contributed by atoms with Crippen LogP contribution in [0.4, 0.5) is 10.8 Å². The van der Waals surface area contributed by atoms with Crippen molar-refractivity contribution < 1.29 is 14.3 Å². The van der Waals surface area contributed by atoms with Crippen LogP contribution in [-0.2, 0) is 4.74 Å². The number of carbonyl (C=O) groups is 2. The van der Waals surface area contributed by atoms with Crippen LogP contribution in [0.2, 0.25) is 0 Å². The molecule has 21 heavy (non-hydrogen) atoms. The maximum absolute atomic E-state index is 11.9. The molecule has 1 amide bonds. The summed E-state index contributed by atoms with van der Waals surface area (Å²) in [6, 6.07) is 6.47. The predicted molar refractivity (Wildman–Crippen MR) is 81.5 cm³/mol. The number of anilines is 2. The quantitative estimate of drug-likeness (QED) is 0.828. The summed E-state index contributed by atoms with van der Waals surface area (Å²) in [4.78, 5) is 27.4. The first kappa shape index (κ1) is 15.0. The van der Waals surface area contributed by atoms with Crippen LogP contribution in [-0.4, -0.2) is 23.5 Å². The van der Waals surface area contributed by atoms with Crippen LogP contribution < -0.4 is 11.1 Å². The van der Waals surface area contributed by atoms with Crippen molar-refractivity contribution in [2.24, 2.45) is 0 Å². The van der Waals surface area contributed by atoms with Crippen LogP contribution in [0.1, 0.15) is 34.2 Å². The maximum atomic E-state index is 11.9. The molecule has 0 saturated heterocycles. The summed E-state index contributed by atoms with van der Waals surface area (Å²) in [5, 5.41) is 4.60. The highest BCUT2D eigenvalue weighted by atomic mass is 32.1. The van der Waals surface area contributed by atoms with E-state index < -0.39 is 0 Å². The average molecular weight is 305 g/mol. The number of thiazole rings is 1. The van der Waals surface area contributed by atoms with Crippen molar-refractivity contribution in [3.05, 3.63) is 40.9 Å². The molecule has 1 aromatic heterocycles. The molecular formula is C14H15N3O3S. The lowest BCUT2D eigenvalue weighted by molar-refractivity contribution is 0.0505. The first-order chi connectivity index (χ1) is 10.1. The molecule has 1 aromatic carbocycles. The van der Waals surface area contributed by atoms with Gasteiger partial charge in [0.25, 0.3) is 5.91 Å². The molecule has 6 nitrogen and oxygen atoms in total. The van der Waals surface area contributed by atoms with Crippen LogP contribution in [0.5, 0.6) is 0 Å². The van der Waals surface area contributed by atoms with Gasteiger partial charge in [-0.3, -0.25) is 4.79 Å². The number of nitrogens with two attached hydrogens (primary N) is 1. The van der Waals surface area contributed by atoms with E-state index in [4.69, 9.17) is 10.5 Å². The summed E-state index contributed by atoms with van der Waals surface area (Å²) in [5.41, 5.74) is 6.76. The number of aromatic nitrogens is 1. The third-order valence-corrected chi connectivity index (χ3v) is 3.24. The molecule has 7 heteroatoms. The van der Waals surface area contributed by atoms with Gasteiger partial charge in [-0.25, -0.2) is 9.78 Å². The molecule has 0 saturated carbocycles. The number of rotatable bonds is 5. The standard InChI is InChI=1S/C14H15N3O3S/c1-2-7-20-13(19)9-3-5-10(6-4-9)16-12(18)11-8-21-14(15)17-11/h3-6,8H,2,7H2,1H3,(H2,15,17)(H,16,18). The number of ether oxygens (including phenoxy) is 1. The molecule has 0 bridgehead atoms. The minimum absolute atomic E-state index is 0.268. The molecule has 110 valence electrons. The molecule has 0 fully saturated rings. The normalized spacial score (nSPS) is 10.1. The fraction of sp³-hybridized carbons (Fsp3) is 0.214. The highest BCUT2D eigenvalue weighted by Gasteiger charge is 2.11. The van der Waals surface area contributed by atoms with E-state index in [1.54, 1.807) is 29.6 Å². The molecule has 0 aliphatic carbocycles. The van der Waals surface area contributed by atoms with E-state index in [2.05, 4.69) is 10.3 Å². The highest BCUT2D eigenvalue weighted by Crippen LogP contribution is 2.15. The molecular weight excluding hydrogens is 290 g/mol.